The summed E-state index contributed by atoms with van der Waals surface area (Å²) in [6.07, 6.45) is 7.42. The average molecular weight is 405 g/mol. The quantitative estimate of drug-likeness (QED) is 0.774. The molecule has 0 aliphatic carbocycles. The maximum Gasteiger partial charge on any atom is 0.320 e. The van der Waals surface area contributed by atoms with Gasteiger partial charge in [0.15, 0.2) is 0 Å². The van der Waals surface area contributed by atoms with E-state index in [2.05, 4.69) is 53.8 Å². The minimum Gasteiger partial charge on any atom is -0.323 e. The van der Waals surface area contributed by atoms with Gasteiger partial charge in [0.25, 0.3) is 0 Å². The molecule has 0 bridgehead atoms. The molecule has 6 heterocycles. The first-order chi connectivity index (χ1) is 14.6. The van der Waals surface area contributed by atoms with E-state index in [9.17, 15) is 4.79 Å². The van der Waals surface area contributed by atoms with Crippen LogP contribution in [0.5, 0.6) is 0 Å². The first-order valence-corrected chi connectivity index (χ1v) is 10.9. The zero-order valence-corrected chi connectivity index (χ0v) is 17.3. The summed E-state index contributed by atoms with van der Waals surface area (Å²) in [6, 6.07) is 8.59. The summed E-state index contributed by atoms with van der Waals surface area (Å²) in [4.78, 5) is 30.1. The van der Waals surface area contributed by atoms with Crippen LogP contribution in [0.25, 0.3) is 0 Å². The standard InChI is InChI=1S/C23H28N6O/c30-21(28-15-22(16-28)11-26(12-22)9-19-1-5-24-6-2-19)29-17-23(18-29)13-27(14-23)10-20-3-7-25-8-4-20/h1-8H,9-18H2. The largest absolute Gasteiger partial charge is 0.323 e. The number of carbonyl (C=O) groups is 1. The van der Waals surface area contributed by atoms with Gasteiger partial charge in [0.05, 0.1) is 0 Å². The first-order valence-electron chi connectivity index (χ1n) is 10.9. The second kappa shape index (κ2) is 6.75. The Labute approximate surface area is 177 Å². The maximum absolute atomic E-state index is 12.8. The van der Waals surface area contributed by atoms with Gasteiger partial charge in [-0.25, -0.2) is 4.79 Å². The van der Waals surface area contributed by atoms with Crippen LogP contribution in [-0.4, -0.2) is 88.0 Å². The highest BCUT2D eigenvalue weighted by molar-refractivity contribution is 5.77. The molecule has 30 heavy (non-hydrogen) atoms. The molecule has 0 radical (unpaired) electrons. The Morgan fingerprint density at radius 3 is 1.40 bits per heavy atom. The van der Waals surface area contributed by atoms with Crippen molar-refractivity contribution in [1.29, 1.82) is 0 Å². The Balaban J connectivity index is 0.919. The summed E-state index contributed by atoms with van der Waals surface area (Å²) in [5, 5.41) is 0. The molecule has 6 rings (SSSR count). The van der Waals surface area contributed by atoms with E-state index in [-0.39, 0.29) is 6.03 Å². The van der Waals surface area contributed by atoms with Crippen molar-refractivity contribution in [2.24, 2.45) is 10.8 Å². The number of nitrogens with zero attached hydrogens (tertiary/aromatic N) is 6. The van der Waals surface area contributed by atoms with E-state index in [1.165, 1.54) is 11.1 Å². The van der Waals surface area contributed by atoms with Crippen molar-refractivity contribution in [3.8, 4) is 0 Å². The molecule has 156 valence electrons. The molecule has 7 nitrogen and oxygen atoms in total. The Bertz CT molecular complexity index is 832. The monoisotopic (exact) mass is 404 g/mol. The number of pyridine rings is 2. The van der Waals surface area contributed by atoms with Crippen molar-refractivity contribution in [3.05, 3.63) is 60.2 Å². The molecule has 4 aliphatic heterocycles. The summed E-state index contributed by atoms with van der Waals surface area (Å²) >= 11 is 0. The van der Waals surface area contributed by atoms with Crippen molar-refractivity contribution in [2.75, 3.05) is 52.4 Å². The van der Waals surface area contributed by atoms with Gasteiger partial charge in [-0.1, -0.05) is 0 Å². The highest BCUT2D eigenvalue weighted by Gasteiger charge is 2.57. The lowest BCUT2D eigenvalue weighted by molar-refractivity contribution is -0.129. The maximum atomic E-state index is 12.8. The molecule has 4 aliphatic rings. The third kappa shape index (κ3) is 3.17. The van der Waals surface area contributed by atoms with Crippen LogP contribution >= 0.6 is 0 Å². The Morgan fingerprint density at radius 1 is 0.667 bits per heavy atom. The molecule has 2 aromatic heterocycles. The number of rotatable bonds is 4. The Morgan fingerprint density at radius 2 is 1.03 bits per heavy atom. The summed E-state index contributed by atoms with van der Waals surface area (Å²) in [5.74, 6) is 0. The number of amides is 2. The number of likely N-dealkylation sites (tertiary alicyclic amines) is 4. The van der Waals surface area contributed by atoms with Crippen LogP contribution in [0.3, 0.4) is 0 Å². The van der Waals surface area contributed by atoms with Gasteiger partial charge in [0.1, 0.15) is 0 Å². The topological polar surface area (TPSA) is 55.8 Å². The van der Waals surface area contributed by atoms with Gasteiger partial charge in [-0.05, 0) is 35.4 Å². The lowest BCUT2D eigenvalue weighted by Gasteiger charge is -2.64. The van der Waals surface area contributed by atoms with Crippen LogP contribution in [0.4, 0.5) is 4.79 Å². The molecular formula is C23H28N6O. The lowest BCUT2D eigenvalue weighted by atomic mass is 9.71. The molecule has 7 heteroatoms. The van der Waals surface area contributed by atoms with E-state index >= 15 is 0 Å². The molecule has 4 saturated heterocycles. The predicted molar refractivity (Wildman–Crippen MR) is 112 cm³/mol. The molecule has 2 aromatic rings. The predicted octanol–water partition coefficient (Wildman–Crippen LogP) is 1.53. The van der Waals surface area contributed by atoms with Gasteiger partial charge in [0, 0.05) is 101 Å². The molecule has 2 amide bonds. The molecule has 0 aromatic carbocycles. The van der Waals surface area contributed by atoms with Crippen LogP contribution in [0.15, 0.2) is 49.1 Å². The smallest absolute Gasteiger partial charge is 0.320 e. The van der Waals surface area contributed by atoms with E-state index in [0.717, 1.165) is 65.4 Å². The fraction of sp³-hybridized carbons (Fsp3) is 0.522. The Kier molecular flexibility index (Phi) is 4.11. The average Bonchev–Trinajstić information content (AvgIpc) is 2.64. The van der Waals surface area contributed by atoms with Crippen molar-refractivity contribution in [2.45, 2.75) is 13.1 Å². The summed E-state index contributed by atoms with van der Waals surface area (Å²) in [6.45, 7) is 10.1. The number of urea groups is 1. The van der Waals surface area contributed by atoms with Gasteiger partial charge >= 0.3 is 6.03 Å². The Hall–Kier alpha value is -2.51. The first kappa shape index (κ1) is 18.3. The second-order valence-electron chi connectivity index (χ2n) is 10.00. The van der Waals surface area contributed by atoms with E-state index in [1.54, 1.807) is 0 Å². The van der Waals surface area contributed by atoms with E-state index in [4.69, 9.17) is 0 Å². The van der Waals surface area contributed by atoms with Gasteiger partial charge < -0.3 is 9.80 Å². The van der Waals surface area contributed by atoms with Crippen molar-refractivity contribution < 1.29 is 4.79 Å². The molecule has 0 atom stereocenters. The minimum absolute atomic E-state index is 0.256. The fourth-order valence-corrected chi connectivity index (χ4v) is 5.92. The van der Waals surface area contributed by atoms with Crippen LogP contribution in [0, 0.1) is 10.8 Å². The lowest BCUT2D eigenvalue weighted by Crippen LogP contribution is -2.77. The molecule has 0 unspecified atom stereocenters. The number of hydrogen-bond donors (Lipinski definition) is 0. The van der Waals surface area contributed by atoms with Crippen molar-refractivity contribution in [3.63, 3.8) is 0 Å². The number of hydrogen-bond acceptors (Lipinski definition) is 5. The molecule has 0 N–H and O–H groups in total. The summed E-state index contributed by atoms with van der Waals surface area (Å²) < 4.78 is 0. The fourth-order valence-electron chi connectivity index (χ4n) is 5.92. The van der Waals surface area contributed by atoms with Gasteiger partial charge in [-0.3, -0.25) is 19.8 Å². The van der Waals surface area contributed by atoms with E-state index in [0.29, 0.717) is 10.8 Å². The summed E-state index contributed by atoms with van der Waals surface area (Å²) in [5.41, 5.74) is 3.33. The van der Waals surface area contributed by atoms with Crippen LogP contribution in [-0.2, 0) is 13.1 Å². The second-order valence-corrected chi connectivity index (χ2v) is 10.00. The van der Waals surface area contributed by atoms with Gasteiger partial charge in [-0.15, -0.1) is 0 Å². The SMILES string of the molecule is O=C(N1CC2(CN(Cc3ccncc3)C2)C1)N1CC2(CN(Cc3ccncc3)C2)C1. The van der Waals surface area contributed by atoms with E-state index < -0.39 is 0 Å². The van der Waals surface area contributed by atoms with Gasteiger partial charge in [-0.2, -0.15) is 0 Å². The molecular weight excluding hydrogens is 376 g/mol. The number of aromatic nitrogens is 2. The van der Waals surface area contributed by atoms with Crippen LogP contribution in [0.2, 0.25) is 0 Å². The molecule has 4 fully saturated rings. The van der Waals surface area contributed by atoms with Crippen molar-refractivity contribution in [1.82, 2.24) is 29.6 Å². The van der Waals surface area contributed by atoms with E-state index in [1.807, 2.05) is 24.8 Å². The highest BCUT2D eigenvalue weighted by Crippen LogP contribution is 2.44. The van der Waals surface area contributed by atoms with Crippen molar-refractivity contribution >= 4 is 6.03 Å². The minimum atomic E-state index is 0.256. The zero-order valence-electron chi connectivity index (χ0n) is 17.3. The van der Waals surface area contributed by atoms with Crippen LogP contribution < -0.4 is 0 Å². The third-order valence-corrected chi connectivity index (χ3v) is 7.19. The van der Waals surface area contributed by atoms with Gasteiger partial charge in [0.2, 0.25) is 0 Å². The summed E-state index contributed by atoms with van der Waals surface area (Å²) in [7, 11) is 0. The normalized spacial score (nSPS) is 24.1. The van der Waals surface area contributed by atoms with Crippen LogP contribution in [0.1, 0.15) is 11.1 Å². The molecule has 2 spiro atoms. The zero-order chi connectivity index (χ0) is 20.2. The number of carbonyl (C=O) groups excluding carboxylic acids is 1. The highest BCUT2D eigenvalue weighted by atomic mass is 16.2. The molecule has 0 saturated carbocycles. The third-order valence-electron chi connectivity index (χ3n) is 7.19.